The molecular weight excluding hydrogens is 383 g/mol. The number of fused-ring (bicyclic) bond motifs is 2. The summed E-state index contributed by atoms with van der Waals surface area (Å²) in [5.74, 6) is 0.475. The van der Waals surface area contributed by atoms with E-state index in [1.807, 2.05) is 12.3 Å². The molecule has 110 valence electrons. The van der Waals surface area contributed by atoms with Crippen molar-refractivity contribution in [3.63, 3.8) is 0 Å². The van der Waals surface area contributed by atoms with E-state index in [1.165, 1.54) is 30.6 Å². The van der Waals surface area contributed by atoms with Gasteiger partial charge in [0.1, 0.15) is 0 Å². The van der Waals surface area contributed by atoms with E-state index in [0.29, 0.717) is 5.92 Å². The third-order valence-electron chi connectivity index (χ3n) is 3.94. The molecule has 3 heteroatoms. The fourth-order valence-corrected chi connectivity index (χ4v) is 5.55. The van der Waals surface area contributed by atoms with Crippen LogP contribution in [-0.2, 0) is 0 Å². The Morgan fingerprint density at radius 1 is 0.818 bits per heavy atom. The van der Waals surface area contributed by atoms with Crippen molar-refractivity contribution in [3.8, 4) is 0 Å². The fourth-order valence-electron chi connectivity index (χ4n) is 2.89. The topological polar surface area (TPSA) is 24.9 Å². The quantitative estimate of drug-likeness (QED) is 0.407. The van der Waals surface area contributed by atoms with Crippen molar-refractivity contribution in [1.29, 1.82) is 0 Å². The van der Waals surface area contributed by atoms with Gasteiger partial charge < -0.3 is 0 Å². The molecule has 2 nitrogen and oxygen atoms in total. The van der Waals surface area contributed by atoms with Crippen molar-refractivity contribution in [2.75, 3.05) is 9.74 Å². The summed E-state index contributed by atoms with van der Waals surface area (Å²) in [6.45, 7) is 0. The van der Waals surface area contributed by atoms with Gasteiger partial charge in [-0.1, -0.05) is 0 Å². The van der Waals surface area contributed by atoms with E-state index in [0.717, 1.165) is 0 Å². The zero-order chi connectivity index (χ0) is 14.8. The van der Waals surface area contributed by atoms with Crippen molar-refractivity contribution in [2.24, 2.45) is 0 Å². The van der Waals surface area contributed by atoms with Gasteiger partial charge in [0, 0.05) is 0 Å². The van der Waals surface area contributed by atoms with Crippen LogP contribution in [-0.4, -0.2) is 9.41 Å². The molecule has 3 aromatic rings. The molecule has 0 saturated carbocycles. The molecule has 0 radical (unpaired) electrons. The predicted octanol–water partition coefficient (Wildman–Crippen LogP) is 1.23. The molecule has 0 fully saturated rings. The Bertz CT molecular complexity index is 741. The van der Waals surface area contributed by atoms with E-state index in [9.17, 15) is 0 Å². The average Bonchev–Trinajstić information content (AvgIpc) is 2.59. The Labute approximate surface area is 140 Å². The Balaban J connectivity index is 1.69. The van der Waals surface area contributed by atoms with E-state index in [4.69, 9.17) is 0 Å². The number of benzene rings is 2. The Morgan fingerprint density at radius 2 is 1.45 bits per heavy atom. The van der Waals surface area contributed by atoms with Crippen molar-refractivity contribution in [1.82, 2.24) is 4.98 Å². The first-order valence-electron chi connectivity index (χ1n) is 7.37. The summed E-state index contributed by atoms with van der Waals surface area (Å²) < 4.78 is 2.46. The van der Waals surface area contributed by atoms with E-state index >= 15 is 0 Å². The number of hydrogen-bond donors (Lipinski definition) is 1. The van der Waals surface area contributed by atoms with Gasteiger partial charge in [0.05, 0.1) is 0 Å². The molecular formula is C19H16IN2-. The zero-order valence-electron chi connectivity index (χ0n) is 12.0. The SMILES string of the molecule is c1ccc([I-]CC2c3ccccc3Nc3ccccc32)nc1. The second-order valence-corrected chi connectivity index (χ2v) is 8.04. The molecule has 22 heavy (non-hydrogen) atoms. The third kappa shape index (κ3) is 2.61. The van der Waals surface area contributed by atoms with Gasteiger partial charge in [-0.15, -0.1) is 0 Å². The van der Waals surface area contributed by atoms with Gasteiger partial charge in [0.2, 0.25) is 0 Å². The maximum absolute atomic E-state index is 4.51. The van der Waals surface area contributed by atoms with Gasteiger partial charge in [0.25, 0.3) is 0 Å². The van der Waals surface area contributed by atoms with Crippen LogP contribution in [0.2, 0.25) is 0 Å². The second-order valence-electron chi connectivity index (χ2n) is 5.29. The van der Waals surface area contributed by atoms with Gasteiger partial charge >= 0.3 is 141 Å². The number of rotatable bonds is 3. The molecule has 1 N–H and O–H groups in total. The van der Waals surface area contributed by atoms with Gasteiger partial charge in [-0.05, 0) is 0 Å². The van der Waals surface area contributed by atoms with Gasteiger partial charge in [-0.3, -0.25) is 0 Å². The summed E-state index contributed by atoms with van der Waals surface area (Å²) in [4.78, 5) is 4.51. The Morgan fingerprint density at radius 3 is 2.09 bits per heavy atom. The molecule has 0 aliphatic carbocycles. The standard InChI is InChI=1S/C19H16IN2/c1-3-9-17-14(7-1)16(13-20-19-11-5-6-12-21-19)15-8-2-4-10-18(15)22-17/h1-12,16,22H,13H2/q-1. The number of alkyl halides is 1. The number of pyridine rings is 1. The van der Waals surface area contributed by atoms with Crippen LogP contribution in [0.25, 0.3) is 0 Å². The van der Waals surface area contributed by atoms with Crippen LogP contribution in [0.3, 0.4) is 0 Å². The summed E-state index contributed by atoms with van der Waals surface area (Å²) >= 11 is -0.0895. The number of hydrogen-bond acceptors (Lipinski definition) is 2. The van der Waals surface area contributed by atoms with Gasteiger partial charge in [0.15, 0.2) is 0 Å². The van der Waals surface area contributed by atoms with Crippen LogP contribution in [0.1, 0.15) is 17.0 Å². The van der Waals surface area contributed by atoms with E-state index in [1.54, 1.807) is 0 Å². The van der Waals surface area contributed by atoms with Gasteiger partial charge in [-0.2, -0.15) is 0 Å². The maximum atomic E-state index is 4.51. The molecule has 2 aromatic carbocycles. The normalized spacial score (nSPS) is 13.3. The molecule has 4 rings (SSSR count). The van der Waals surface area contributed by atoms with Crippen LogP contribution in [0.4, 0.5) is 11.4 Å². The van der Waals surface area contributed by atoms with Gasteiger partial charge in [-0.25, -0.2) is 0 Å². The minimum atomic E-state index is -0.0895. The summed E-state index contributed by atoms with van der Waals surface area (Å²) in [5.41, 5.74) is 5.32. The molecule has 1 aliphatic rings. The summed E-state index contributed by atoms with van der Waals surface area (Å²) in [7, 11) is 0. The van der Waals surface area contributed by atoms with Crippen LogP contribution in [0.15, 0.2) is 72.9 Å². The van der Waals surface area contributed by atoms with E-state index in [-0.39, 0.29) is 21.2 Å². The van der Waals surface area contributed by atoms with Crippen LogP contribution >= 0.6 is 0 Å². The molecule has 1 aliphatic heterocycles. The molecule has 0 atom stereocenters. The van der Waals surface area contributed by atoms with Crippen LogP contribution in [0.5, 0.6) is 0 Å². The number of nitrogens with zero attached hydrogens (tertiary/aromatic N) is 1. The molecule has 0 amide bonds. The minimum absolute atomic E-state index is 0.0895. The summed E-state index contributed by atoms with van der Waals surface area (Å²) in [6.07, 6.45) is 1.90. The molecule has 2 heterocycles. The van der Waals surface area contributed by atoms with Crippen molar-refractivity contribution < 1.29 is 21.2 Å². The molecule has 1 aromatic heterocycles. The monoisotopic (exact) mass is 399 g/mol. The molecule has 0 unspecified atom stereocenters. The first kappa shape index (κ1) is 13.8. The van der Waals surface area contributed by atoms with E-state index < -0.39 is 0 Å². The molecule has 0 bridgehead atoms. The molecule has 0 spiro atoms. The zero-order valence-corrected chi connectivity index (χ0v) is 14.2. The average molecular weight is 399 g/mol. The van der Waals surface area contributed by atoms with Crippen LogP contribution < -0.4 is 26.5 Å². The molecule has 0 saturated heterocycles. The van der Waals surface area contributed by atoms with Crippen molar-refractivity contribution in [3.05, 3.63) is 87.8 Å². The third-order valence-corrected chi connectivity index (χ3v) is 6.68. The van der Waals surface area contributed by atoms with Crippen molar-refractivity contribution in [2.45, 2.75) is 5.92 Å². The predicted molar refractivity (Wildman–Crippen MR) is 85.8 cm³/mol. The fraction of sp³-hybridized carbons (Fsp3) is 0.105. The number of para-hydroxylation sites is 2. The number of halogens is 1. The number of nitrogens with one attached hydrogen (secondary N) is 1. The first-order chi connectivity index (χ1) is 10.9. The number of anilines is 2. The second kappa shape index (κ2) is 6.08. The Hall–Kier alpha value is -1.88. The van der Waals surface area contributed by atoms with Crippen LogP contribution in [0, 0.1) is 3.70 Å². The summed E-state index contributed by atoms with van der Waals surface area (Å²) in [5, 5.41) is 3.57. The number of aromatic nitrogens is 1. The first-order valence-corrected chi connectivity index (χ1v) is 9.97. The Kier molecular flexibility index (Phi) is 3.81. The van der Waals surface area contributed by atoms with E-state index in [2.05, 4.69) is 71.0 Å². The van der Waals surface area contributed by atoms with Crippen molar-refractivity contribution >= 4 is 11.4 Å². The summed E-state index contributed by atoms with van der Waals surface area (Å²) in [6, 6.07) is 23.6.